The Labute approximate surface area is 285 Å². The Morgan fingerprint density at radius 1 is 0.870 bits per heavy atom. The van der Waals surface area contributed by atoms with E-state index in [4.69, 9.17) is 11.6 Å². The molecule has 7 nitrogen and oxygen atoms in total. The third kappa shape index (κ3) is 9.21. The summed E-state index contributed by atoms with van der Waals surface area (Å²) in [6.45, 7) is 7.65. The molecule has 0 saturated heterocycles. The van der Waals surface area contributed by atoms with Gasteiger partial charge in [0.05, 0.1) is 10.6 Å². The highest BCUT2D eigenvalue weighted by atomic mass is 79.9. The predicted octanol–water partition coefficient (Wildman–Crippen LogP) is 7.33. The fourth-order valence-corrected chi connectivity index (χ4v) is 6.94. The van der Waals surface area contributed by atoms with Gasteiger partial charge in [-0.25, -0.2) is 8.42 Å². The van der Waals surface area contributed by atoms with Gasteiger partial charge in [-0.15, -0.1) is 0 Å². The van der Waals surface area contributed by atoms with Gasteiger partial charge in [0, 0.05) is 29.0 Å². The van der Waals surface area contributed by atoms with E-state index in [9.17, 15) is 18.0 Å². The van der Waals surface area contributed by atoms with Crippen LogP contribution in [0.4, 0.5) is 5.69 Å². The molecular weight excluding hydrogens is 686 g/mol. The van der Waals surface area contributed by atoms with Crippen molar-refractivity contribution in [2.75, 3.05) is 17.4 Å². The first-order chi connectivity index (χ1) is 21.8. The van der Waals surface area contributed by atoms with Gasteiger partial charge in [0.15, 0.2) is 0 Å². The zero-order valence-corrected chi connectivity index (χ0v) is 29.6. The molecule has 0 spiro atoms. The van der Waals surface area contributed by atoms with E-state index in [1.165, 1.54) is 17.0 Å². The number of sulfonamides is 1. The molecule has 4 aromatic rings. The van der Waals surface area contributed by atoms with Crippen molar-refractivity contribution in [2.45, 2.75) is 51.6 Å². The number of rotatable bonds is 13. The lowest BCUT2D eigenvalue weighted by Gasteiger charge is -2.34. The topological polar surface area (TPSA) is 86.8 Å². The molecule has 0 aliphatic heterocycles. The van der Waals surface area contributed by atoms with E-state index >= 15 is 0 Å². The minimum Gasteiger partial charge on any atom is -0.354 e. The van der Waals surface area contributed by atoms with Crippen molar-refractivity contribution in [1.82, 2.24) is 10.2 Å². The molecule has 4 rings (SSSR count). The summed E-state index contributed by atoms with van der Waals surface area (Å²) in [6.07, 6.45) is 0.242. The van der Waals surface area contributed by atoms with Gasteiger partial charge in [0.2, 0.25) is 11.8 Å². The SMILES string of the molecule is Cc1ccc(S(=O)(=O)N(CC(=O)N(Cc2cccc(Br)c2)[C@@H](Cc2ccccc2)C(=O)NCC(C)C)c2ccc(C)c(Cl)c2)cc1. The Balaban J connectivity index is 1.82. The molecule has 0 unspecified atom stereocenters. The molecule has 4 aromatic carbocycles. The highest BCUT2D eigenvalue weighted by Gasteiger charge is 2.35. The van der Waals surface area contributed by atoms with Crippen LogP contribution in [0.3, 0.4) is 0 Å². The standard InChI is InChI=1S/C36H39BrClN3O4S/c1-25(2)22-39-36(43)34(20-28-9-6-5-7-10-28)40(23-29-11-8-12-30(37)19-29)35(42)24-41(31-16-15-27(4)33(38)21-31)46(44,45)32-17-13-26(3)14-18-32/h5-19,21,25,34H,20,22-24H2,1-4H3,(H,39,43)/t34-/m0/s1. The summed E-state index contributed by atoms with van der Waals surface area (Å²) in [5.41, 5.74) is 3.56. The zero-order chi connectivity index (χ0) is 33.4. The number of carbonyl (C=O) groups excluding carboxylic acids is 2. The van der Waals surface area contributed by atoms with E-state index in [-0.39, 0.29) is 35.4 Å². The monoisotopic (exact) mass is 723 g/mol. The molecular formula is C36H39BrClN3O4S. The van der Waals surface area contributed by atoms with E-state index in [0.717, 1.165) is 31.0 Å². The average Bonchev–Trinajstić information content (AvgIpc) is 3.02. The number of carbonyl (C=O) groups is 2. The van der Waals surface area contributed by atoms with E-state index in [1.54, 1.807) is 30.3 Å². The summed E-state index contributed by atoms with van der Waals surface area (Å²) < 4.78 is 30.3. The Hall–Kier alpha value is -3.66. The van der Waals surface area contributed by atoms with Crippen LogP contribution in [-0.4, -0.2) is 44.3 Å². The van der Waals surface area contributed by atoms with Crippen molar-refractivity contribution in [3.8, 4) is 0 Å². The molecule has 242 valence electrons. The second-order valence-corrected chi connectivity index (χ2v) is 14.9. The van der Waals surface area contributed by atoms with Crippen molar-refractivity contribution in [3.05, 3.63) is 129 Å². The second kappa shape index (κ2) is 15.8. The van der Waals surface area contributed by atoms with Crippen molar-refractivity contribution < 1.29 is 18.0 Å². The molecule has 2 amide bonds. The summed E-state index contributed by atoms with van der Waals surface area (Å²) >= 11 is 9.97. The lowest BCUT2D eigenvalue weighted by Crippen LogP contribution is -2.53. The second-order valence-electron chi connectivity index (χ2n) is 11.8. The van der Waals surface area contributed by atoms with Crippen molar-refractivity contribution in [3.63, 3.8) is 0 Å². The van der Waals surface area contributed by atoms with Crippen LogP contribution in [0.1, 0.15) is 36.1 Å². The zero-order valence-electron chi connectivity index (χ0n) is 26.4. The van der Waals surface area contributed by atoms with Gasteiger partial charge >= 0.3 is 0 Å². The van der Waals surface area contributed by atoms with E-state index in [0.29, 0.717) is 11.6 Å². The van der Waals surface area contributed by atoms with Crippen molar-refractivity contribution >= 4 is 55.1 Å². The van der Waals surface area contributed by atoms with Crippen molar-refractivity contribution in [1.29, 1.82) is 0 Å². The van der Waals surface area contributed by atoms with Crippen LogP contribution in [0.2, 0.25) is 5.02 Å². The molecule has 0 aliphatic rings. The minimum absolute atomic E-state index is 0.0386. The first kappa shape index (κ1) is 35.2. The lowest BCUT2D eigenvalue weighted by molar-refractivity contribution is -0.140. The first-order valence-corrected chi connectivity index (χ1v) is 17.7. The van der Waals surface area contributed by atoms with Crippen LogP contribution < -0.4 is 9.62 Å². The highest BCUT2D eigenvalue weighted by molar-refractivity contribution is 9.10. The van der Waals surface area contributed by atoms with Gasteiger partial charge < -0.3 is 10.2 Å². The Morgan fingerprint density at radius 3 is 2.17 bits per heavy atom. The smallest absolute Gasteiger partial charge is 0.264 e. The van der Waals surface area contributed by atoms with Gasteiger partial charge in [-0.05, 0) is 72.9 Å². The number of nitrogens with zero attached hydrogens (tertiary/aromatic N) is 2. The number of aryl methyl sites for hydroxylation is 2. The maximum atomic E-state index is 14.6. The number of anilines is 1. The summed E-state index contributed by atoms with van der Waals surface area (Å²) in [7, 11) is -4.22. The number of halogens is 2. The third-order valence-electron chi connectivity index (χ3n) is 7.53. The third-order valence-corrected chi connectivity index (χ3v) is 10.2. The number of hydrogen-bond donors (Lipinski definition) is 1. The fraction of sp³-hybridized carbons (Fsp3) is 0.278. The molecule has 10 heteroatoms. The van der Waals surface area contributed by atoms with Crippen LogP contribution in [0.5, 0.6) is 0 Å². The Morgan fingerprint density at radius 2 is 1.54 bits per heavy atom. The van der Waals surface area contributed by atoms with Gasteiger partial charge in [-0.3, -0.25) is 13.9 Å². The molecule has 0 aliphatic carbocycles. The first-order valence-electron chi connectivity index (χ1n) is 15.1. The van der Waals surface area contributed by atoms with Crippen LogP contribution in [0, 0.1) is 19.8 Å². The summed E-state index contributed by atoms with van der Waals surface area (Å²) in [5, 5.41) is 3.37. The van der Waals surface area contributed by atoms with Crippen LogP contribution in [-0.2, 0) is 32.6 Å². The van der Waals surface area contributed by atoms with Gasteiger partial charge in [0.25, 0.3) is 10.0 Å². The minimum atomic E-state index is -4.22. The van der Waals surface area contributed by atoms with E-state index in [1.807, 2.05) is 82.3 Å². The normalized spacial score (nSPS) is 12.1. The maximum absolute atomic E-state index is 14.6. The molecule has 0 saturated carbocycles. The molecule has 46 heavy (non-hydrogen) atoms. The number of hydrogen-bond acceptors (Lipinski definition) is 4. The molecule has 0 bridgehead atoms. The summed E-state index contributed by atoms with van der Waals surface area (Å²) in [4.78, 5) is 30.0. The van der Waals surface area contributed by atoms with E-state index < -0.39 is 28.5 Å². The Kier molecular flexibility index (Phi) is 12.1. The summed E-state index contributed by atoms with van der Waals surface area (Å²) in [5.74, 6) is -0.655. The largest absolute Gasteiger partial charge is 0.354 e. The van der Waals surface area contributed by atoms with Gasteiger partial charge in [0.1, 0.15) is 12.6 Å². The quantitative estimate of drug-likeness (QED) is 0.157. The van der Waals surface area contributed by atoms with E-state index in [2.05, 4.69) is 21.2 Å². The predicted molar refractivity (Wildman–Crippen MR) is 188 cm³/mol. The van der Waals surface area contributed by atoms with Gasteiger partial charge in [-0.2, -0.15) is 0 Å². The number of amides is 2. The van der Waals surface area contributed by atoms with Gasteiger partial charge in [-0.1, -0.05) is 108 Å². The molecule has 0 radical (unpaired) electrons. The highest BCUT2D eigenvalue weighted by Crippen LogP contribution is 2.29. The Bertz CT molecular complexity index is 1770. The van der Waals surface area contributed by atoms with Crippen LogP contribution in [0.25, 0.3) is 0 Å². The molecule has 1 atom stereocenters. The number of benzene rings is 4. The van der Waals surface area contributed by atoms with Crippen molar-refractivity contribution in [2.24, 2.45) is 5.92 Å². The average molecular weight is 725 g/mol. The lowest BCUT2D eigenvalue weighted by atomic mass is 10.0. The fourth-order valence-electron chi connectivity index (χ4n) is 4.91. The maximum Gasteiger partial charge on any atom is 0.264 e. The molecule has 0 fully saturated rings. The van der Waals surface area contributed by atoms with Crippen LogP contribution >= 0.6 is 27.5 Å². The molecule has 0 heterocycles. The summed E-state index contributed by atoms with van der Waals surface area (Å²) in [6, 6.07) is 27.4. The molecule has 0 aromatic heterocycles. The number of nitrogens with one attached hydrogen (secondary N) is 1. The molecule has 1 N–H and O–H groups in total. The van der Waals surface area contributed by atoms with Crippen LogP contribution in [0.15, 0.2) is 106 Å².